The molecule has 3 heterocycles. The molecule has 0 fully saturated rings. The molecule has 1 atom stereocenters. The Morgan fingerprint density at radius 1 is 0.906 bits per heavy atom. The molecule has 0 spiro atoms. The Bertz CT molecular complexity index is 1440. The molecule has 0 radical (unpaired) electrons. The SMILES string of the molecule is S=c1sc2c(n1-c1ccccc1)N1N=C(c3ccccc3)OC1=NC2c1ccccc1Cl. The molecule has 0 N–H and O–H groups in total. The third kappa shape index (κ3) is 3.09. The number of anilines is 1. The minimum absolute atomic E-state index is 0.341. The number of halogens is 1. The second kappa shape index (κ2) is 7.70. The molecule has 5 nitrogen and oxygen atoms in total. The fraction of sp³-hybridized carbons (Fsp3) is 0.0417. The number of para-hydroxylation sites is 1. The van der Waals surface area contributed by atoms with Crippen molar-refractivity contribution in [2.45, 2.75) is 6.04 Å². The summed E-state index contributed by atoms with van der Waals surface area (Å²) in [6.45, 7) is 0. The molecule has 1 aromatic heterocycles. The lowest BCUT2D eigenvalue weighted by Gasteiger charge is -2.25. The number of thiazole rings is 1. The van der Waals surface area contributed by atoms with Crippen molar-refractivity contribution in [2.75, 3.05) is 5.01 Å². The molecule has 0 saturated carbocycles. The minimum atomic E-state index is -0.341. The minimum Gasteiger partial charge on any atom is -0.403 e. The second-order valence-electron chi connectivity index (χ2n) is 7.25. The highest BCUT2D eigenvalue weighted by molar-refractivity contribution is 7.73. The van der Waals surface area contributed by atoms with Gasteiger partial charge < -0.3 is 4.74 Å². The lowest BCUT2D eigenvalue weighted by Crippen LogP contribution is -2.29. The first kappa shape index (κ1) is 19.4. The largest absolute Gasteiger partial charge is 0.403 e. The molecule has 156 valence electrons. The number of ether oxygens (including phenoxy) is 1. The maximum Gasteiger partial charge on any atom is 0.322 e. The Morgan fingerprint density at radius 3 is 2.34 bits per heavy atom. The van der Waals surface area contributed by atoms with Gasteiger partial charge in [-0.1, -0.05) is 66.2 Å². The Balaban J connectivity index is 1.59. The van der Waals surface area contributed by atoms with Crippen molar-refractivity contribution in [2.24, 2.45) is 10.1 Å². The number of fused-ring (bicyclic) bond motifs is 3. The van der Waals surface area contributed by atoms with E-state index in [9.17, 15) is 0 Å². The van der Waals surface area contributed by atoms with Crippen LogP contribution < -0.4 is 5.01 Å². The molecular weight excluding hydrogens is 460 g/mol. The summed E-state index contributed by atoms with van der Waals surface area (Å²) in [5.74, 6) is 1.32. The Kier molecular flexibility index (Phi) is 4.68. The van der Waals surface area contributed by atoms with Crippen LogP contribution in [0.1, 0.15) is 22.0 Å². The molecule has 6 rings (SSSR count). The standard InChI is InChI=1S/C24H15ClN4OS2/c25-18-14-8-7-13-17(18)19-20-22(28(24(31)32-20)16-11-5-2-6-12-16)29-23(26-19)30-21(27-29)15-9-3-1-4-10-15/h1-14,19H. The molecule has 32 heavy (non-hydrogen) atoms. The molecule has 3 aromatic carbocycles. The van der Waals surface area contributed by atoms with Gasteiger partial charge in [-0.15, -0.1) is 16.4 Å². The smallest absolute Gasteiger partial charge is 0.322 e. The van der Waals surface area contributed by atoms with Crippen molar-refractivity contribution in [3.8, 4) is 5.69 Å². The predicted molar refractivity (Wildman–Crippen MR) is 132 cm³/mol. The molecular formula is C24H15ClN4OS2. The lowest BCUT2D eigenvalue weighted by molar-refractivity contribution is 0.545. The molecule has 4 aromatic rings. The van der Waals surface area contributed by atoms with E-state index in [0.29, 0.717) is 20.9 Å². The summed E-state index contributed by atoms with van der Waals surface area (Å²) >= 11 is 13.9. The summed E-state index contributed by atoms with van der Waals surface area (Å²) in [7, 11) is 0. The molecule has 2 aliphatic rings. The van der Waals surface area contributed by atoms with E-state index in [4.69, 9.17) is 38.6 Å². The van der Waals surface area contributed by atoms with Crippen LogP contribution >= 0.6 is 35.2 Å². The zero-order valence-electron chi connectivity index (χ0n) is 16.6. The molecule has 0 amide bonds. The Hall–Kier alpha value is -3.26. The van der Waals surface area contributed by atoms with Gasteiger partial charge in [-0.25, -0.2) is 4.99 Å². The number of hydrogen-bond acceptors (Lipinski definition) is 6. The normalized spacial score (nSPS) is 16.7. The van der Waals surface area contributed by atoms with Crippen LogP contribution in [0.3, 0.4) is 0 Å². The summed E-state index contributed by atoms with van der Waals surface area (Å²) in [4.78, 5) is 5.88. The summed E-state index contributed by atoms with van der Waals surface area (Å²) in [6.07, 6.45) is 0. The number of hydrazone groups is 1. The molecule has 0 aliphatic carbocycles. The number of aliphatic imine (C=N–C) groups is 1. The van der Waals surface area contributed by atoms with Gasteiger partial charge in [0.2, 0.25) is 5.90 Å². The zero-order chi connectivity index (χ0) is 21.7. The van der Waals surface area contributed by atoms with Gasteiger partial charge in [0.1, 0.15) is 6.04 Å². The van der Waals surface area contributed by atoms with Gasteiger partial charge in [-0.2, -0.15) is 5.01 Å². The first-order chi connectivity index (χ1) is 15.7. The average molecular weight is 475 g/mol. The van der Waals surface area contributed by atoms with Crippen molar-refractivity contribution < 1.29 is 4.74 Å². The number of benzene rings is 3. The fourth-order valence-electron chi connectivity index (χ4n) is 3.84. The summed E-state index contributed by atoms with van der Waals surface area (Å²) in [6, 6.07) is 27.6. The third-order valence-corrected chi connectivity index (χ3v) is 7.06. The van der Waals surface area contributed by atoms with Crippen LogP contribution in [0, 0.1) is 3.95 Å². The van der Waals surface area contributed by atoms with Gasteiger partial charge in [0, 0.05) is 21.8 Å². The maximum absolute atomic E-state index is 6.57. The van der Waals surface area contributed by atoms with E-state index in [-0.39, 0.29) is 6.04 Å². The van der Waals surface area contributed by atoms with Crippen LogP contribution in [0.2, 0.25) is 5.02 Å². The van der Waals surface area contributed by atoms with E-state index >= 15 is 0 Å². The lowest BCUT2D eigenvalue weighted by atomic mass is 10.0. The monoisotopic (exact) mass is 474 g/mol. The highest BCUT2D eigenvalue weighted by Gasteiger charge is 2.40. The van der Waals surface area contributed by atoms with E-state index in [1.807, 2.05) is 89.5 Å². The third-order valence-electron chi connectivity index (χ3n) is 5.30. The summed E-state index contributed by atoms with van der Waals surface area (Å²) in [5, 5.41) is 7.16. The maximum atomic E-state index is 6.57. The number of hydrogen-bond donors (Lipinski definition) is 0. The number of nitrogens with zero attached hydrogens (tertiary/aromatic N) is 4. The number of aromatic nitrogens is 1. The first-order valence-corrected chi connectivity index (χ1v) is 11.6. The van der Waals surface area contributed by atoms with Crippen LogP contribution in [0.4, 0.5) is 5.82 Å². The predicted octanol–water partition coefficient (Wildman–Crippen LogP) is 6.58. The van der Waals surface area contributed by atoms with E-state index in [0.717, 1.165) is 27.5 Å². The van der Waals surface area contributed by atoms with Gasteiger partial charge in [-0.3, -0.25) is 4.57 Å². The first-order valence-electron chi connectivity index (χ1n) is 9.96. The van der Waals surface area contributed by atoms with Crippen LogP contribution in [0.25, 0.3) is 5.69 Å². The molecule has 0 bridgehead atoms. The van der Waals surface area contributed by atoms with Gasteiger partial charge in [0.05, 0.1) is 4.88 Å². The summed E-state index contributed by atoms with van der Waals surface area (Å²) < 4.78 is 8.87. The molecule has 8 heteroatoms. The van der Waals surface area contributed by atoms with Crippen molar-refractivity contribution >= 4 is 52.9 Å². The number of rotatable bonds is 3. The van der Waals surface area contributed by atoms with Crippen molar-refractivity contribution in [3.05, 3.63) is 110 Å². The van der Waals surface area contributed by atoms with Gasteiger partial charge in [0.15, 0.2) is 9.77 Å². The van der Waals surface area contributed by atoms with E-state index in [1.165, 1.54) is 11.3 Å². The van der Waals surface area contributed by atoms with Crippen molar-refractivity contribution in [1.82, 2.24) is 4.57 Å². The molecule has 1 unspecified atom stereocenters. The second-order valence-corrected chi connectivity index (χ2v) is 9.33. The van der Waals surface area contributed by atoms with Gasteiger partial charge in [-0.05, 0) is 42.5 Å². The summed E-state index contributed by atoms with van der Waals surface area (Å²) in [5.41, 5.74) is 2.73. The fourth-order valence-corrected chi connectivity index (χ4v) is 5.57. The highest BCUT2D eigenvalue weighted by Crippen LogP contribution is 2.46. The quantitative estimate of drug-likeness (QED) is 0.315. The van der Waals surface area contributed by atoms with E-state index in [2.05, 4.69) is 0 Å². The van der Waals surface area contributed by atoms with Crippen molar-refractivity contribution in [3.63, 3.8) is 0 Å². The van der Waals surface area contributed by atoms with Crippen LogP contribution in [0.15, 0.2) is 95.0 Å². The highest BCUT2D eigenvalue weighted by atomic mass is 35.5. The molecule has 0 saturated heterocycles. The van der Waals surface area contributed by atoms with Gasteiger partial charge >= 0.3 is 6.02 Å². The zero-order valence-corrected chi connectivity index (χ0v) is 18.9. The molecule has 2 aliphatic heterocycles. The Morgan fingerprint density at radius 2 is 1.59 bits per heavy atom. The van der Waals surface area contributed by atoms with Crippen LogP contribution in [-0.4, -0.2) is 16.5 Å². The topological polar surface area (TPSA) is 42.1 Å². The van der Waals surface area contributed by atoms with Crippen LogP contribution in [0.5, 0.6) is 0 Å². The average Bonchev–Trinajstić information content (AvgIpc) is 3.41. The van der Waals surface area contributed by atoms with E-state index in [1.54, 1.807) is 5.01 Å². The van der Waals surface area contributed by atoms with Crippen molar-refractivity contribution in [1.29, 1.82) is 0 Å². The van der Waals surface area contributed by atoms with E-state index < -0.39 is 0 Å². The number of amidine groups is 1. The Labute approximate surface area is 198 Å². The van der Waals surface area contributed by atoms with Gasteiger partial charge in [0.25, 0.3) is 0 Å². The van der Waals surface area contributed by atoms with Crippen LogP contribution in [-0.2, 0) is 4.74 Å².